The zero-order valence-electron chi connectivity index (χ0n) is 13.9. The van der Waals surface area contributed by atoms with Crippen molar-refractivity contribution >= 4 is 38.9 Å². The van der Waals surface area contributed by atoms with Gasteiger partial charge in [-0.2, -0.15) is 0 Å². The first-order chi connectivity index (χ1) is 11.8. The van der Waals surface area contributed by atoms with Gasteiger partial charge in [0.05, 0.1) is 9.77 Å². The number of thiophene rings is 1. The molecular weight excluding hydrogens is 362 g/mol. The number of anilines is 1. The number of hydrogen-bond donors (Lipinski definition) is 2. The number of benzene rings is 1. The molecule has 0 atom stereocenters. The fourth-order valence-corrected chi connectivity index (χ4v) is 3.47. The van der Waals surface area contributed by atoms with Crippen molar-refractivity contribution in [1.29, 1.82) is 0 Å². The Labute approximate surface area is 150 Å². The van der Waals surface area contributed by atoms with E-state index in [1.54, 1.807) is 12.1 Å². The number of carbonyl (C=O) groups is 2. The van der Waals surface area contributed by atoms with Gasteiger partial charge in [-0.1, -0.05) is 6.07 Å². The van der Waals surface area contributed by atoms with Gasteiger partial charge in [0.15, 0.2) is 0 Å². The van der Waals surface area contributed by atoms with Crippen LogP contribution in [0.15, 0.2) is 46.7 Å². The number of rotatable bonds is 7. The Hall–Kier alpha value is -2.23. The highest BCUT2D eigenvalue weighted by atomic mass is 32.2. The van der Waals surface area contributed by atoms with Crippen molar-refractivity contribution in [2.45, 2.75) is 11.3 Å². The van der Waals surface area contributed by atoms with E-state index in [1.807, 2.05) is 5.38 Å². The summed E-state index contributed by atoms with van der Waals surface area (Å²) in [5, 5.41) is 7.14. The molecule has 0 aliphatic carbocycles. The monoisotopic (exact) mass is 381 g/mol. The van der Waals surface area contributed by atoms with Crippen LogP contribution in [-0.4, -0.2) is 45.2 Å². The minimum Gasteiger partial charge on any atom is -0.351 e. The van der Waals surface area contributed by atoms with E-state index in [0.717, 1.165) is 4.31 Å². The van der Waals surface area contributed by atoms with Crippen LogP contribution in [0, 0.1) is 0 Å². The molecule has 0 fully saturated rings. The molecule has 0 spiro atoms. The Kier molecular flexibility index (Phi) is 6.29. The Morgan fingerprint density at radius 1 is 1.12 bits per heavy atom. The summed E-state index contributed by atoms with van der Waals surface area (Å²) < 4.78 is 25.1. The zero-order chi connectivity index (χ0) is 18.4. The van der Waals surface area contributed by atoms with Crippen LogP contribution in [-0.2, 0) is 14.8 Å². The van der Waals surface area contributed by atoms with E-state index in [9.17, 15) is 18.0 Å². The minimum atomic E-state index is -3.49. The lowest BCUT2D eigenvalue weighted by molar-refractivity contribution is -0.116. The van der Waals surface area contributed by atoms with Crippen molar-refractivity contribution in [3.63, 3.8) is 0 Å². The second-order valence-electron chi connectivity index (χ2n) is 5.34. The van der Waals surface area contributed by atoms with Crippen LogP contribution >= 0.6 is 11.3 Å². The maximum absolute atomic E-state index is 12.0. The molecule has 2 aromatic rings. The normalized spacial score (nSPS) is 11.3. The van der Waals surface area contributed by atoms with Crippen LogP contribution in [0.5, 0.6) is 0 Å². The van der Waals surface area contributed by atoms with Gasteiger partial charge < -0.3 is 10.6 Å². The Morgan fingerprint density at radius 2 is 1.80 bits per heavy atom. The van der Waals surface area contributed by atoms with Gasteiger partial charge in [0.2, 0.25) is 15.9 Å². The van der Waals surface area contributed by atoms with Crippen molar-refractivity contribution < 1.29 is 18.0 Å². The zero-order valence-corrected chi connectivity index (χ0v) is 15.5. The summed E-state index contributed by atoms with van der Waals surface area (Å²) in [4.78, 5) is 24.4. The second kappa shape index (κ2) is 8.24. The smallest absolute Gasteiger partial charge is 0.261 e. The highest BCUT2D eigenvalue weighted by molar-refractivity contribution is 7.89. The summed E-state index contributed by atoms with van der Waals surface area (Å²) in [7, 11) is -0.586. The van der Waals surface area contributed by atoms with Crippen LogP contribution in [0.1, 0.15) is 16.1 Å². The fourth-order valence-electron chi connectivity index (χ4n) is 1.93. The summed E-state index contributed by atoms with van der Waals surface area (Å²) in [6.45, 7) is 0.218. The molecule has 1 heterocycles. The lowest BCUT2D eigenvalue weighted by atomic mass is 10.3. The van der Waals surface area contributed by atoms with Gasteiger partial charge in [0.1, 0.15) is 0 Å². The molecule has 0 saturated carbocycles. The van der Waals surface area contributed by atoms with Crippen molar-refractivity contribution in [3.8, 4) is 0 Å². The summed E-state index contributed by atoms with van der Waals surface area (Å²) in [6, 6.07) is 9.42. The average molecular weight is 381 g/mol. The van der Waals surface area contributed by atoms with Crippen LogP contribution < -0.4 is 10.6 Å². The molecule has 0 saturated heterocycles. The molecule has 0 aliphatic rings. The molecule has 1 aromatic carbocycles. The predicted molar refractivity (Wildman–Crippen MR) is 97.2 cm³/mol. The van der Waals surface area contributed by atoms with E-state index in [2.05, 4.69) is 10.6 Å². The molecule has 7 nitrogen and oxygen atoms in total. The third kappa shape index (κ3) is 5.12. The van der Waals surface area contributed by atoms with E-state index < -0.39 is 10.0 Å². The van der Waals surface area contributed by atoms with E-state index in [1.165, 1.54) is 49.7 Å². The van der Waals surface area contributed by atoms with Crippen molar-refractivity contribution in [3.05, 3.63) is 46.7 Å². The molecule has 2 N–H and O–H groups in total. The van der Waals surface area contributed by atoms with Crippen molar-refractivity contribution in [1.82, 2.24) is 9.62 Å². The van der Waals surface area contributed by atoms with Gasteiger partial charge >= 0.3 is 0 Å². The molecule has 1 aromatic heterocycles. The lowest BCUT2D eigenvalue weighted by Crippen LogP contribution is -2.27. The first kappa shape index (κ1) is 19.1. The molecule has 0 bridgehead atoms. The number of nitrogens with zero attached hydrogens (tertiary/aromatic N) is 1. The Balaban J connectivity index is 1.83. The largest absolute Gasteiger partial charge is 0.351 e. The van der Waals surface area contributed by atoms with E-state index in [0.29, 0.717) is 10.6 Å². The molecule has 2 rings (SSSR count). The number of hydrogen-bond acceptors (Lipinski definition) is 5. The Bertz CT molecular complexity index is 829. The standard InChI is InChI=1S/C16H19N3O4S2/c1-19(2)25(22,23)13-7-5-12(6-8-13)18-15(20)9-10-17-16(21)14-4-3-11-24-14/h3-8,11H,9-10H2,1-2H3,(H,17,21)(H,18,20). The SMILES string of the molecule is CN(C)S(=O)(=O)c1ccc(NC(=O)CCNC(=O)c2cccs2)cc1. The number of sulfonamides is 1. The van der Waals surface area contributed by atoms with Crippen molar-refractivity contribution in [2.75, 3.05) is 26.0 Å². The van der Waals surface area contributed by atoms with Crippen LogP contribution in [0.4, 0.5) is 5.69 Å². The first-order valence-electron chi connectivity index (χ1n) is 7.45. The molecule has 9 heteroatoms. The van der Waals surface area contributed by atoms with E-state index in [4.69, 9.17) is 0 Å². The minimum absolute atomic E-state index is 0.120. The molecular formula is C16H19N3O4S2. The quantitative estimate of drug-likeness (QED) is 0.764. The van der Waals surface area contributed by atoms with Gasteiger partial charge in [0.25, 0.3) is 5.91 Å². The van der Waals surface area contributed by atoms with E-state index >= 15 is 0 Å². The summed E-state index contributed by atoms with van der Waals surface area (Å²) in [6.07, 6.45) is 0.120. The van der Waals surface area contributed by atoms with Gasteiger partial charge in [-0.05, 0) is 35.7 Å². The molecule has 134 valence electrons. The number of nitrogens with one attached hydrogen (secondary N) is 2. The van der Waals surface area contributed by atoms with Crippen LogP contribution in [0.3, 0.4) is 0 Å². The highest BCUT2D eigenvalue weighted by Crippen LogP contribution is 2.16. The summed E-state index contributed by atoms with van der Waals surface area (Å²) in [5.41, 5.74) is 0.493. The van der Waals surface area contributed by atoms with Gasteiger partial charge in [-0.3, -0.25) is 9.59 Å². The van der Waals surface area contributed by atoms with Gasteiger partial charge in [-0.25, -0.2) is 12.7 Å². The molecule has 25 heavy (non-hydrogen) atoms. The first-order valence-corrected chi connectivity index (χ1v) is 9.77. The summed E-state index contributed by atoms with van der Waals surface area (Å²) >= 11 is 1.33. The summed E-state index contributed by atoms with van der Waals surface area (Å²) in [5.74, 6) is -0.476. The maximum atomic E-state index is 12.0. The van der Waals surface area contributed by atoms with Crippen molar-refractivity contribution in [2.24, 2.45) is 0 Å². The third-order valence-corrected chi connectivity index (χ3v) is 6.00. The molecule has 0 unspecified atom stereocenters. The average Bonchev–Trinajstić information content (AvgIpc) is 3.09. The number of amides is 2. The van der Waals surface area contributed by atoms with Crippen LogP contribution in [0.2, 0.25) is 0 Å². The topological polar surface area (TPSA) is 95.6 Å². The van der Waals surface area contributed by atoms with Gasteiger partial charge in [-0.15, -0.1) is 11.3 Å². The molecule has 2 amide bonds. The second-order valence-corrected chi connectivity index (χ2v) is 8.44. The van der Waals surface area contributed by atoms with E-state index in [-0.39, 0.29) is 29.7 Å². The third-order valence-electron chi connectivity index (χ3n) is 3.30. The lowest BCUT2D eigenvalue weighted by Gasteiger charge is -2.12. The molecule has 0 radical (unpaired) electrons. The highest BCUT2D eigenvalue weighted by Gasteiger charge is 2.16. The fraction of sp³-hybridized carbons (Fsp3) is 0.250. The van der Waals surface area contributed by atoms with Crippen LogP contribution in [0.25, 0.3) is 0 Å². The van der Waals surface area contributed by atoms with Gasteiger partial charge in [0, 0.05) is 32.7 Å². The maximum Gasteiger partial charge on any atom is 0.261 e. The predicted octanol–water partition coefficient (Wildman–Crippen LogP) is 1.76. The molecule has 0 aliphatic heterocycles. The number of carbonyl (C=O) groups excluding carboxylic acids is 2. The Morgan fingerprint density at radius 3 is 2.36 bits per heavy atom.